The number of pyridine rings is 1. The summed E-state index contributed by atoms with van der Waals surface area (Å²) >= 11 is 0. The molecule has 1 fully saturated rings. The fourth-order valence-corrected chi connectivity index (χ4v) is 2.23. The van der Waals surface area contributed by atoms with Gasteiger partial charge in [0.2, 0.25) is 5.88 Å². The van der Waals surface area contributed by atoms with Crippen molar-refractivity contribution < 1.29 is 9.66 Å². The topological polar surface area (TPSA) is 94.5 Å². The molecular formula is C12H18N4O3. The highest BCUT2D eigenvalue weighted by molar-refractivity contribution is 5.45. The van der Waals surface area contributed by atoms with Gasteiger partial charge >= 0.3 is 0 Å². The van der Waals surface area contributed by atoms with E-state index in [1.54, 1.807) is 0 Å². The zero-order valence-corrected chi connectivity index (χ0v) is 10.9. The Morgan fingerprint density at radius 2 is 2.37 bits per heavy atom. The van der Waals surface area contributed by atoms with E-state index in [-0.39, 0.29) is 17.4 Å². The molecule has 0 aromatic carbocycles. The highest BCUT2D eigenvalue weighted by Gasteiger charge is 2.20. The van der Waals surface area contributed by atoms with E-state index in [9.17, 15) is 10.1 Å². The first-order chi connectivity index (χ1) is 9.06. The Hall–Kier alpha value is -1.89. The number of anilines is 1. The average molecular weight is 266 g/mol. The highest BCUT2D eigenvalue weighted by atomic mass is 16.6. The minimum Gasteiger partial charge on any atom is -0.476 e. The average Bonchev–Trinajstić information content (AvgIpc) is 2.37. The molecule has 0 amide bonds. The normalized spacial score (nSPS) is 20.2. The van der Waals surface area contributed by atoms with Gasteiger partial charge in [-0.2, -0.15) is 4.98 Å². The number of nitrogens with zero attached hydrogens (tertiary/aromatic N) is 3. The van der Waals surface area contributed by atoms with Crippen LogP contribution in [-0.4, -0.2) is 41.0 Å². The van der Waals surface area contributed by atoms with Crippen LogP contribution < -0.4 is 10.5 Å². The predicted molar refractivity (Wildman–Crippen MR) is 71.1 cm³/mol. The molecule has 7 heteroatoms. The minimum absolute atomic E-state index is 0.0977. The predicted octanol–water partition coefficient (Wildman–Crippen LogP) is 1.44. The van der Waals surface area contributed by atoms with Gasteiger partial charge in [-0.05, 0) is 26.4 Å². The van der Waals surface area contributed by atoms with Crippen molar-refractivity contribution in [3.8, 4) is 5.88 Å². The maximum Gasteiger partial charge on any atom is 0.278 e. The van der Waals surface area contributed by atoms with Crippen molar-refractivity contribution in [1.82, 2.24) is 9.88 Å². The number of nitrogens with two attached hydrogens (primary N) is 1. The molecule has 1 aliphatic rings. The Balaban J connectivity index is 2.00. The Labute approximate surface area is 111 Å². The first kappa shape index (κ1) is 13.5. The van der Waals surface area contributed by atoms with Crippen molar-refractivity contribution in [3.05, 3.63) is 22.2 Å². The van der Waals surface area contributed by atoms with Gasteiger partial charge in [-0.3, -0.25) is 10.1 Å². The molecule has 0 bridgehead atoms. The van der Waals surface area contributed by atoms with Crippen molar-refractivity contribution >= 4 is 11.5 Å². The van der Waals surface area contributed by atoms with Gasteiger partial charge in [-0.15, -0.1) is 0 Å². The second kappa shape index (κ2) is 5.83. The van der Waals surface area contributed by atoms with Crippen LogP contribution in [0.1, 0.15) is 19.3 Å². The van der Waals surface area contributed by atoms with E-state index in [1.165, 1.54) is 25.0 Å². The van der Waals surface area contributed by atoms with Gasteiger partial charge in [0.05, 0.1) is 17.1 Å². The molecule has 0 radical (unpaired) electrons. The quantitative estimate of drug-likeness (QED) is 0.654. The van der Waals surface area contributed by atoms with E-state index in [1.807, 2.05) is 0 Å². The summed E-state index contributed by atoms with van der Waals surface area (Å²) in [4.78, 5) is 16.4. The molecular weight excluding hydrogens is 248 g/mol. The lowest BCUT2D eigenvalue weighted by Gasteiger charge is -2.31. The summed E-state index contributed by atoms with van der Waals surface area (Å²) in [6.07, 6.45) is 3.46. The fourth-order valence-electron chi connectivity index (χ4n) is 2.23. The van der Waals surface area contributed by atoms with E-state index < -0.39 is 4.92 Å². The molecule has 2 N–H and O–H groups in total. The van der Waals surface area contributed by atoms with Crippen molar-refractivity contribution in [3.63, 3.8) is 0 Å². The Morgan fingerprint density at radius 3 is 3.05 bits per heavy atom. The molecule has 1 unspecified atom stereocenters. The third kappa shape index (κ3) is 3.54. The number of nitrogen functional groups attached to an aromatic ring is 1. The SMILES string of the molecule is CN1CCCCC1COc1cc([N+](=O)[O-])cc(N)n1. The molecule has 0 aliphatic carbocycles. The van der Waals surface area contributed by atoms with Gasteiger partial charge in [0.15, 0.2) is 0 Å². The number of nitro groups is 1. The minimum atomic E-state index is -0.502. The largest absolute Gasteiger partial charge is 0.476 e. The number of rotatable bonds is 4. The van der Waals surface area contributed by atoms with Crippen LogP contribution in [0.2, 0.25) is 0 Å². The number of hydrogen-bond acceptors (Lipinski definition) is 6. The third-order valence-corrected chi connectivity index (χ3v) is 3.36. The second-order valence-corrected chi connectivity index (χ2v) is 4.79. The number of piperidine rings is 1. The Bertz CT molecular complexity index is 466. The lowest BCUT2D eigenvalue weighted by Crippen LogP contribution is -2.40. The second-order valence-electron chi connectivity index (χ2n) is 4.79. The number of ether oxygens (including phenoxy) is 1. The summed E-state index contributed by atoms with van der Waals surface area (Å²) in [6.45, 7) is 1.53. The van der Waals surface area contributed by atoms with Crippen LogP contribution in [-0.2, 0) is 0 Å². The fraction of sp³-hybridized carbons (Fsp3) is 0.583. The van der Waals surface area contributed by atoms with Gasteiger partial charge < -0.3 is 15.4 Å². The molecule has 1 aliphatic heterocycles. The third-order valence-electron chi connectivity index (χ3n) is 3.36. The van der Waals surface area contributed by atoms with E-state index in [0.29, 0.717) is 12.6 Å². The van der Waals surface area contributed by atoms with Crippen LogP contribution >= 0.6 is 0 Å². The molecule has 2 heterocycles. The molecule has 104 valence electrons. The van der Waals surface area contributed by atoms with Gasteiger partial charge in [0.25, 0.3) is 5.69 Å². The number of hydrogen-bond donors (Lipinski definition) is 1. The molecule has 1 saturated heterocycles. The summed E-state index contributed by atoms with van der Waals surface area (Å²) in [5, 5.41) is 10.7. The van der Waals surface area contributed by atoms with Gasteiger partial charge in [0.1, 0.15) is 12.4 Å². The molecule has 2 rings (SSSR count). The van der Waals surface area contributed by atoms with Crippen LogP contribution in [0.4, 0.5) is 11.5 Å². The van der Waals surface area contributed by atoms with Gasteiger partial charge in [-0.25, -0.2) is 0 Å². The first-order valence-corrected chi connectivity index (χ1v) is 6.31. The number of likely N-dealkylation sites (tertiary alicyclic amines) is 1. The van der Waals surface area contributed by atoms with Crippen molar-refractivity contribution in [2.45, 2.75) is 25.3 Å². The van der Waals surface area contributed by atoms with Crippen LogP contribution in [0, 0.1) is 10.1 Å². The van der Waals surface area contributed by atoms with Crippen LogP contribution in [0.3, 0.4) is 0 Å². The van der Waals surface area contributed by atoms with Gasteiger partial charge in [0, 0.05) is 6.04 Å². The lowest BCUT2D eigenvalue weighted by molar-refractivity contribution is -0.384. The maximum atomic E-state index is 10.7. The zero-order valence-electron chi connectivity index (χ0n) is 10.9. The molecule has 1 aromatic rings. The Kier molecular flexibility index (Phi) is 4.16. The zero-order chi connectivity index (χ0) is 13.8. The van der Waals surface area contributed by atoms with Crippen molar-refractivity contribution in [2.75, 3.05) is 25.9 Å². The Morgan fingerprint density at radius 1 is 1.58 bits per heavy atom. The van der Waals surface area contributed by atoms with Crippen LogP contribution in [0.5, 0.6) is 5.88 Å². The van der Waals surface area contributed by atoms with Crippen LogP contribution in [0.15, 0.2) is 12.1 Å². The number of aromatic nitrogens is 1. The lowest BCUT2D eigenvalue weighted by atomic mass is 10.0. The van der Waals surface area contributed by atoms with E-state index in [2.05, 4.69) is 16.9 Å². The summed E-state index contributed by atoms with van der Waals surface area (Å²) in [6, 6.07) is 2.86. The standard InChI is InChI=1S/C12H18N4O3/c1-15-5-3-2-4-9(15)8-19-12-7-10(16(17)18)6-11(13)14-12/h6-7,9H,2-5,8H2,1H3,(H2,13,14). The summed E-state index contributed by atoms with van der Waals surface area (Å²) in [5.41, 5.74) is 5.43. The first-order valence-electron chi connectivity index (χ1n) is 6.31. The van der Waals surface area contributed by atoms with Crippen molar-refractivity contribution in [1.29, 1.82) is 0 Å². The molecule has 1 atom stereocenters. The maximum absolute atomic E-state index is 10.7. The van der Waals surface area contributed by atoms with Crippen LogP contribution in [0.25, 0.3) is 0 Å². The molecule has 1 aromatic heterocycles. The highest BCUT2D eigenvalue weighted by Crippen LogP contribution is 2.22. The molecule has 0 saturated carbocycles. The molecule has 0 spiro atoms. The van der Waals surface area contributed by atoms with E-state index >= 15 is 0 Å². The molecule has 19 heavy (non-hydrogen) atoms. The summed E-state index contributed by atoms with van der Waals surface area (Å²) in [5.74, 6) is 0.312. The van der Waals surface area contributed by atoms with E-state index in [4.69, 9.17) is 10.5 Å². The smallest absolute Gasteiger partial charge is 0.278 e. The monoisotopic (exact) mass is 266 g/mol. The number of likely N-dealkylation sites (N-methyl/N-ethyl adjacent to an activating group) is 1. The van der Waals surface area contributed by atoms with Crippen molar-refractivity contribution in [2.24, 2.45) is 0 Å². The molecule has 7 nitrogen and oxygen atoms in total. The summed E-state index contributed by atoms with van der Waals surface area (Å²) in [7, 11) is 2.06. The summed E-state index contributed by atoms with van der Waals surface area (Å²) < 4.78 is 5.55. The van der Waals surface area contributed by atoms with Gasteiger partial charge in [-0.1, -0.05) is 6.42 Å². The van der Waals surface area contributed by atoms with E-state index in [0.717, 1.165) is 13.0 Å².